The summed E-state index contributed by atoms with van der Waals surface area (Å²) in [6.07, 6.45) is 1.44. The van der Waals surface area contributed by atoms with Gasteiger partial charge < -0.3 is 20.1 Å². The summed E-state index contributed by atoms with van der Waals surface area (Å²) in [6, 6.07) is 17.0. The zero-order valence-electron chi connectivity index (χ0n) is 20.3. The lowest BCUT2D eigenvalue weighted by Crippen LogP contribution is -2.31. The third kappa shape index (κ3) is 5.29. The van der Waals surface area contributed by atoms with Crippen LogP contribution in [0.2, 0.25) is 15.1 Å². The first-order valence-electron chi connectivity index (χ1n) is 11.5. The maximum atomic E-state index is 13.5. The minimum Gasteiger partial charge on any atom is -0.493 e. The van der Waals surface area contributed by atoms with Gasteiger partial charge in [0, 0.05) is 32.0 Å². The molecular formula is C27H22Cl3N5O3. The minimum atomic E-state index is -0.574. The molecule has 0 fully saturated rings. The lowest BCUT2D eigenvalue weighted by Gasteiger charge is -2.29. The van der Waals surface area contributed by atoms with Gasteiger partial charge in [0.25, 0.3) is 5.91 Å². The van der Waals surface area contributed by atoms with Gasteiger partial charge >= 0.3 is 0 Å². The normalized spacial score (nSPS) is 14.5. The Morgan fingerprint density at radius 3 is 2.53 bits per heavy atom. The monoisotopic (exact) mass is 569 g/mol. The molecule has 0 bridgehead atoms. The van der Waals surface area contributed by atoms with Gasteiger partial charge in [0.15, 0.2) is 11.5 Å². The number of hydrogen-bond donors (Lipinski definition) is 2. The van der Waals surface area contributed by atoms with Crippen LogP contribution in [0, 0.1) is 0 Å². The van der Waals surface area contributed by atoms with Crippen molar-refractivity contribution in [1.29, 1.82) is 0 Å². The molecule has 1 aliphatic rings. The van der Waals surface area contributed by atoms with Crippen LogP contribution in [0.3, 0.4) is 0 Å². The summed E-state index contributed by atoms with van der Waals surface area (Å²) in [4.78, 5) is 17.8. The maximum absolute atomic E-state index is 13.5. The Morgan fingerprint density at radius 1 is 1.03 bits per heavy atom. The second-order valence-corrected chi connectivity index (χ2v) is 9.77. The van der Waals surface area contributed by atoms with Crippen molar-refractivity contribution in [2.24, 2.45) is 0 Å². The number of benzene rings is 3. The zero-order valence-corrected chi connectivity index (χ0v) is 22.6. The number of ether oxygens (including phenoxy) is 2. The molecular weight excluding hydrogens is 549 g/mol. The fourth-order valence-electron chi connectivity index (χ4n) is 4.19. The summed E-state index contributed by atoms with van der Waals surface area (Å²) < 4.78 is 13.3. The van der Waals surface area contributed by atoms with E-state index in [0.29, 0.717) is 49.5 Å². The van der Waals surface area contributed by atoms with Crippen molar-refractivity contribution >= 4 is 52.3 Å². The molecule has 4 aromatic rings. The molecule has 3 aromatic carbocycles. The van der Waals surface area contributed by atoms with Gasteiger partial charge in [0.2, 0.25) is 5.95 Å². The zero-order chi connectivity index (χ0) is 26.8. The molecule has 1 amide bonds. The maximum Gasteiger partial charge on any atom is 0.255 e. The highest BCUT2D eigenvalue weighted by molar-refractivity contribution is 6.35. The van der Waals surface area contributed by atoms with Crippen LogP contribution in [0.5, 0.6) is 11.5 Å². The number of fused-ring (bicyclic) bond motifs is 1. The van der Waals surface area contributed by atoms with Gasteiger partial charge in [-0.15, -0.1) is 0 Å². The van der Waals surface area contributed by atoms with Crippen LogP contribution in [0.25, 0.3) is 0 Å². The fraction of sp³-hybridized carbons (Fsp3) is 0.148. The van der Waals surface area contributed by atoms with E-state index in [1.807, 2.05) is 25.1 Å². The summed E-state index contributed by atoms with van der Waals surface area (Å²) in [5.74, 6) is 1.23. The van der Waals surface area contributed by atoms with Crippen LogP contribution in [0.1, 0.15) is 24.1 Å². The summed E-state index contributed by atoms with van der Waals surface area (Å²) in [6.45, 7) is 2.05. The molecule has 2 heterocycles. The molecule has 11 heteroatoms. The molecule has 194 valence electrons. The molecule has 0 spiro atoms. The average Bonchev–Trinajstić information content (AvgIpc) is 3.36. The molecule has 0 saturated heterocycles. The number of nitrogens with zero attached hydrogens (tertiary/aromatic N) is 3. The van der Waals surface area contributed by atoms with E-state index in [1.165, 1.54) is 6.33 Å². The number of aromatic nitrogens is 3. The van der Waals surface area contributed by atoms with E-state index >= 15 is 0 Å². The van der Waals surface area contributed by atoms with Crippen LogP contribution < -0.4 is 20.1 Å². The SMILES string of the molecule is COc1cc([C@H]2C(C(=O)Nc3ccc(Cl)cc3)=C(C)Nc3ncnn32)ccc1OCc1ccc(Cl)cc1Cl. The fourth-order valence-corrected chi connectivity index (χ4v) is 4.78. The smallest absolute Gasteiger partial charge is 0.255 e. The lowest BCUT2D eigenvalue weighted by atomic mass is 9.94. The molecule has 0 aliphatic carbocycles. The summed E-state index contributed by atoms with van der Waals surface area (Å²) >= 11 is 18.3. The molecule has 0 radical (unpaired) electrons. The highest BCUT2D eigenvalue weighted by atomic mass is 35.5. The highest BCUT2D eigenvalue weighted by Gasteiger charge is 2.34. The predicted octanol–water partition coefficient (Wildman–Crippen LogP) is 6.75. The summed E-state index contributed by atoms with van der Waals surface area (Å²) in [5.41, 5.74) is 3.28. The van der Waals surface area contributed by atoms with Crippen molar-refractivity contribution in [3.8, 4) is 11.5 Å². The topological polar surface area (TPSA) is 90.3 Å². The number of anilines is 2. The molecule has 0 unspecified atom stereocenters. The Kier molecular flexibility index (Phi) is 7.46. The number of hydrogen-bond acceptors (Lipinski definition) is 6. The van der Waals surface area contributed by atoms with Crippen LogP contribution in [-0.2, 0) is 11.4 Å². The first-order valence-corrected chi connectivity index (χ1v) is 12.7. The Balaban J connectivity index is 1.46. The number of allylic oxidation sites excluding steroid dienone is 1. The van der Waals surface area contributed by atoms with Crippen molar-refractivity contribution < 1.29 is 14.3 Å². The first kappa shape index (κ1) is 25.9. The molecule has 5 rings (SSSR count). The van der Waals surface area contributed by atoms with Crippen molar-refractivity contribution in [3.63, 3.8) is 0 Å². The first-order chi connectivity index (χ1) is 18.3. The average molecular weight is 571 g/mol. The Bertz CT molecular complexity index is 1540. The number of amides is 1. The van der Waals surface area contributed by atoms with E-state index in [9.17, 15) is 4.79 Å². The molecule has 2 N–H and O–H groups in total. The number of carbonyl (C=O) groups is 1. The van der Waals surface area contributed by atoms with Crippen molar-refractivity contribution in [3.05, 3.63) is 104 Å². The van der Waals surface area contributed by atoms with E-state index < -0.39 is 6.04 Å². The van der Waals surface area contributed by atoms with E-state index in [0.717, 1.165) is 11.1 Å². The number of rotatable bonds is 7. The second-order valence-electron chi connectivity index (χ2n) is 8.49. The highest BCUT2D eigenvalue weighted by Crippen LogP contribution is 2.39. The molecule has 38 heavy (non-hydrogen) atoms. The largest absolute Gasteiger partial charge is 0.493 e. The van der Waals surface area contributed by atoms with Crippen molar-refractivity contribution in [1.82, 2.24) is 14.8 Å². The molecule has 1 atom stereocenters. The van der Waals surface area contributed by atoms with Crippen LogP contribution >= 0.6 is 34.8 Å². The Hall–Kier alpha value is -3.72. The van der Waals surface area contributed by atoms with E-state index in [4.69, 9.17) is 44.3 Å². The number of halogens is 3. The molecule has 1 aromatic heterocycles. The van der Waals surface area contributed by atoms with Gasteiger partial charge in [0.05, 0.1) is 12.7 Å². The summed E-state index contributed by atoms with van der Waals surface area (Å²) in [7, 11) is 1.56. The Morgan fingerprint density at radius 2 is 1.79 bits per heavy atom. The molecule has 8 nitrogen and oxygen atoms in total. The van der Waals surface area contributed by atoms with Crippen LogP contribution in [0.4, 0.5) is 11.6 Å². The number of carbonyl (C=O) groups excluding carboxylic acids is 1. The summed E-state index contributed by atoms with van der Waals surface area (Å²) in [5, 5.41) is 12.1. The van der Waals surface area contributed by atoms with Gasteiger partial charge in [-0.3, -0.25) is 4.79 Å². The third-order valence-electron chi connectivity index (χ3n) is 6.04. The van der Waals surface area contributed by atoms with Gasteiger partial charge in [0.1, 0.15) is 19.0 Å². The number of methoxy groups -OCH3 is 1. The standard InChI is InChI=1S/C27H22Cl3N5O3/c1-15-24(26(36)34-20-8-6-18(28)7-9-20)25(35-27(33-15)31-14-32-35)16-4-10-22(23(11-16)37-2)38-13-17-3-5-19(29)12-21(17)30/h3-12,14,25H,13H2,1-2H3,(H,34,36)(H,31,32,33)/t25-/m0/s1. The second kappa shape index (κ2) is 10.9. The third-order valence-corrected chi connectivity index (χ3v) is 6.88. The van der Waals surface area contributed by atoms with Crippen molar-refractivity contribution in [2.75, 3.05) is 17.7 Å². The molecule has 0 saturated carbocycles. The van der Waals surface area contributed by atoms with E-state index in [-0.39, 0.29) is 12.5 Å². The Labute approximate surface area is 234 Å². The van der Waals surface area contributed by atoms with Crippen LogP contribution in [-0.4, -0.2) is 27.8 Å². The van der Waals surface area contributed by atoms with E-state index in [2.05, 4.69) is 20.7 Å². The van der Waals surface area contributed by atoms with E-state index in [1.54, 1.807) is 54.3 Å². The molecule has 1 aliphatic heterocycles. The van der Waals surface area contributed by atoms with Gasteiger partial charge in [-0.05, 0) is 61.0 Å². The van der Waals surface area contributed by atoms with Gasteiger partial charge in [-0.25, -0.2) is 4.68 Å². The lowest BCUT2D eigenvalue weighted by molar-refractivity contribution is -0.113. The predicted molar refractivity (Wildman–Crippen MR) is 148 cm³/mol. The van der Waals surface area contributed by atoms with Gasteiger partial charge in [-0.1, -0.05) is 46.9 Å². The number of nitrogens with one attached hydrogen (secondary N) is 2. The minimum absolute atomic E-state index is 0.222. The van der Waals surface area contributed by atoms with Crippen molar-refractivity contribution in [2.45, 2.75) is 19.6 Å². The quantitative estimate of drug-likeness (QED) is 0.255. The van der Waals surface area contributed by atoms with Gasteiger partial charge in [-0.2, -0.15) is 10.1 Å². The van der Waals surface area contributed by atoms with Crippen LogP contribution in [0.15, 0.2) is 78.3 Å².